The second kappa shape index (κ2) is 6.62. The Morgan fingerprint density at radius 3 is 2.29 bits per heavy atom. The van der Waals surface area contributed by atoms with Crippen molar-refractivity contribution in [3.05, 3.63) is 35.2 Å². The Bertz CT molecular complexity index is 1030. The molecule has 0 saturated carbocycles. The molecule has 0 aliphatic carbocycles. The minimum Gasteiger partial charge on any atom is -0.409 e. The highest BCUT2D eigenvalue weighted by Crippen LogP contribution is 2.62. The number of hydrogen-bond donors (Lipinski definition) is 1. The molecule has 1 aromatic rings. The molecule has 0 aromatic heterocycles. The Balaban J connectivity index is 1.79. The van der Waals surface area contributed by atoms with Crippen molar-refractivity contribution in [2.24, 2.45) is 11.8 Å². The third-order valence-corrected chi connectivity index (χ3v) is 7.17. The predicted molar refractivity (Wildman–Crippen MR) is 103 cm³/mol. The second-order valence-electron chi connectivity index (χ2n) is 8.64. The van der Waals surface area contributed by atoms with Crippen LogP contribution < -0.4 is 4.90 Å². The number of aliphatic hydroxyl groups is 1. The van der Waals surface area contributed by atoms with Gasteiger partial charge in [-0.25, -0.2) is 9.74 Å². The van der Waals surface area contributed by atoms with Gasteiger partial charge in [-0.3, -0.25) is 9.59 Å². The predicted octanol–water partition coefficient (Wildman–Crippen LogP) is 2.92. The summed E-state index contributed by atoms with van der Waals surface area (Å²) in [6.45, 7) is 13.8. The van der Waals surface area contributed by atoms with Crippen LogP contribution in [-0.2, 0) is 24.9 Å². The van der Waals surface area contributed by atoms with E-state index in [4.69, 9.17) is 15.7 Å². The highest BCUT2D eigenvalue weighted by atomic mass is 28.3. The molecule has 11 heteroatoms. The molecule has 1 N–H and O–H groups in total. The summed E-state index contributed by atoms with van der Waals surface area (Å²) in [5.74, 6) is -3.50. The van der Waals surface area contributed by atoms with E-state index in [2.05, 4.69) is 4.85 Å². The van der Waals surface area contributed by atoms with E-state index in [1.165, 1.54) is 6.92 Å². The molecule has 2 unspecified atom stereocenters. The van der Waals surface area contributed by atoms with Crippen LogP contribution in [0.2, 0.25) is 13.1 Å². The van der Waals surface area contributed by atoms with Crippen molar-refractivity contribution in [1.82, 2.24) is 0 Å². The zero-order valence-electron chi connectivity index (χ0n) is 17.1. The highest BCUT2D eigenvalue weighted by Gasteiger charge is 2.79. The van der Waals surface area contributed by atoms with Crippen molar-refractivity contribution in [2.45, 2.75) is 56.5 Å². The number of benzene rings is 1. The van der Waals surface area contributed by atoms with Crippen LogP contribution in [0.4, 0.5) is 24.5 Å². The number of amides is 2. The van der Waals surface area contributed by atoms with Gasteiger partial charge in [0.2, 0.25) is 20.9 Å². The maximum absolute atomic E-state index is 13.4. The van der Waals surface area contributed by atoms with Crippen LogP contribution in [-0.4, -0.2) is 49.4 Å². The van der Waals surface area contributed by atoms with Crippen molar-refractivity contribution in [1.29, 1.82) is 0 Å². The summed E-state index contributed by atoms with van der Waals surface area (Å²) in [5, 5.41) is 10.9. The first-order valence-corrected chi connectivity index (χ1v) is 12.0. The lowest BCUT2D eigenvalue weighted by Crippen LogP contribution is -2.59. The normalized spacial score (nSPS) is 37.0. The van der Waals surface area contributed by atoms with Gasteiger partial charge in [0.25, 0.3) is 0 Å². The highest BCUT2D eigenvalue weighted by molar-refractivity contribution is 6.48. The van der Waals surface area contributed by atoms with Gasteiger partial charge in [-0.15, -0.1) is 0 Å². The first kappa shape index (κ1) is 21.9. The fraction of sp³-hybridized carbons (Fsp3) is 0.550. The van der Waals surface area contributed by atoms with Crippen molar-refractivity contribution in [3.63, 3.8) is 0 Å². The average molecular weight is 453 g/mol. The zero-order chi connectivity index (χ0) is 23.1. The number of rotatable bonds is 3. The van der Waals surface area contributed by atoms with Crippen LogP contribution in [0.15, 0.2) is 18.2 Å². The van der Waals surface area contributed by atoms with E-state index in [0.717, 1.165) is 17.0 Å². The maximum Gasteiger partial charge on any atom is 0.407 e. The molecule has 31 heavy (non-hydrogen) atoms. The monoisotopic (exact) mass is 453 g/mol. The Morgan fingerprint density at radius 2 is 1.77 bits per heavy atom. The van der Waals surface area contributed by atoms with Gasteiger partial charge in [0.15, 0.2) is 5.69 Å². The number of imide groups is 1. The van der Waals surface area contributed by atoms with Gasteiger partial charge in [-0.2, -0.15) is 13.2 Å². The minimum atomic E-state index is -4.83. The van der Waals surface area contributed by atoms with Gasteiger partial charge < -0.3 is 14.3 Å². The zero-order valence-corrected chi connectivity index (χ0v) is 18.1. The Labute approximate surface area is 178 Å². The number of ether oxygens (including phenoxy) is 1. The second-order valence-corrected chi connectivity index (χ2v) is 10.7. The van der Waals surface area contributed by atoms with Gasteiger partial charge in [0.1, 0.15) is 23.4 Å². The number of carbonyl (C=O) groups is 2. The summed E-state index contributed by atoms with van der Waals surface area (Å²) < 4.78 is 52.2. The quantitative estimate of drug-likeness (QED) is 0.433. The number of aliphatic hydroxyl groups excluding tert-OH is 1. The Kier molecular flexibility index (Phi) is 4.69. The third kappa shape index (κ3) is 2.82. The molecule has 0 spiro atoms. The van der Waals surface area contributed by atoms with E-state index in [9.17, 15) is 27.9 Å². The molecule has 3 heterocycles. The fourth-order valence-corrected chi connectivity index (χ4v) is 6.07. The van der Waals surface area contributed by atoms with Gasteiger partial charge in [-0.05, 0) is 39.1 Å². The van der Waals surface area contributed by atoms with Crippen LogP contribution in [0.25, 0.3) is 4.85 Å². The number of halogens is 3. The van der Waals surface area contributed by atoms with Crippen LogP contribution in [0.3, 0.4) is 0 Å². The van der Waals surface area contributed by atoms with E-state index in [1.54, 1.807) is 6.92 Å². The van der Waals surface area contributed by atoms with Gasteiger partial charge in [-0.1, -0.05) is 6.07 Å². The first-order valence-electron chi connectivity index (χ1n) is 9.59. The third-order valence-electron chi connectivity index (χ3n) is 6.45. The van der Waals surface area contributed by atoms with Crippen molar-refractivity contribution >= 4 is 32.2 Å². The average Bonchev–Trinajstić information content (AvgIpc) is 3.16. The number of alkyl halides is 3. The first-order chi connectivity index (χ1) is 14.3. The molecule has 6 atom stereocenters. The van der Waals surface area contributed by atoms with Crippen molar-refractivity contribution in [2.75, 3.05) is 4.90 Å². The molecule has 4 rings (SSSR count). The summed E-state index contributed by atoms with van der Waals surface area (Å²) in [5.41, 5.74) is -4.82. The minimum absolute atomic E-state index is 0.265. The Morgan fingerprint density at radius 1 is 1.19 bits per heavy atom. The van der Waals surface area contributed by atoms with Gasteiger partial charge >= 0.3 is 6.18 Å². The topological polar surface area (TPSA) is 80.4 Å². The molecular formula is C20H20F3N2O5Si. The molecule has 3 aliphatic heterocycles. The molecule has 7 nitrogen and oxygen atoms in total. The molecule has 165 valence electrons. The number of nitrogens with zero attached hydrogens (tertiary/aromatic N) is 2. The molecular weight excluding hydrogens is 433 g/mol. The Hall–Kier alpha value is -2.26. The smallest absolute Gasteiger partial charge is 0.407 e. The van der Waals surface area contributed by atoms with E-state index >= 15 is 0 Å². The molecule has 3 fully saturated rings. The maximum atomic E-state index is 13.4. The molecule has 2 bridgehead atoms. The van der Waals surface area contributed by atoms with Crippen molar-refractivity contribution in [3.8, 4) is 0 Å². The molecule has 1 radical (unpaired) electrons. The fourth-order valence-electron chi connectivity index (χ4n) is 5.20. The SMILES string of the molecule is [C-]#[N+]c1ccc(N2C(=O)[C@@H]3[C@H](C2=O)C2(C)OC3(C)[C@H](O[Si](C)C)[C@H]2O)cc1C(F)(F)F. The molecule has 3 aliphatic rings. The number of hydrogen-bond acceptors (Lipinski definition) is 5. The largest absolute Gasteiger partial charge is 0.409 e. The summed E-state index contributed by atoms with van der Waals surface area (Å²) >= 11 is 0. The summed E-state index contributed by atoms with van der Waals surface area (Å²) in [6, 6.07) is 2.73. The van der Waals surface area contributed by atoms with Crippen LogP contribution >= 0.6 is 0 Å². The summed E-state index contributed by atoms with van der Waals surface area (Å²) in [7, 11) is -1.29. The van der Waals surface area contributed by atoms with E-state index in [1.807, 2.05) is 13.1 Å². The lowest BCUT2D eigenvalue weighted by atomic mass is 9.66. The van der Waals surface area contributed by atoms with Crippen LogP contribution in [0.1, 0.15) is 19.4 Å². The molecule has 1 aromatic carbocycles. The van der Waals surface area contributed by atoms with Crippen LogP contribution in [0.5, 0.6) is 0 Å². The molecule has 2 amide bonds. The number of fused-ring (bicyclic) bond motifs is 5. The van der Waals surface area contributed by atoms with Crippen LogP contribution in [0, 0.1) is 18.4 Å². The lowest BCUT2D eigenvalue weighted by Gasteiger charge is -2.39. The number of carbonyl (C=O) groups excluding carboxylic acids is 2. The lowest BCUT2D eigenvalue weighted by molar-refractivity contribution is -0.137. The van der Waals surface area contributed by atoms with E-state index in [-0.39, 0.29) is 5.69 Å². The van der Waals surface area contributed by atoms with E-state index in [0.29, 0.717) is 6.07 Å². The van der Waals surface area contributed by atoms with Gasteiger partial charge in [0, 0.05) is 5.69 Å². The number of anilines is 1. The standard InChI is InChI=1S/C20H20F3N2O5Si/c1-18-12-13(19(2,30-18)15(14(18)26)29-31(4)5)17(28)25(16(12)27)9-6-7-11(24-3)10(8-9)20(21,22)23/h6-8,12-15,26H,1-2,4-5H3/t12-,13+,14-,15-,18?,19?/m1/s1. The summed E-state index contributed by atoms with van der Waals surface area (Å²) in [4.78, 5) is 30.2. The summed E-state index contributed by atoms with van der Waals surface area (Å²) in [6.07, 6.45) is -6.84. The molecule has 3 saturated heterocycles. The van der Waals surface area contributed by atoms with E-state index < -0.39 is 73.5 Å². The van der Waals surface area contributed by atoms with Crippen molar-refractivity contribution < 1.29 is 37.0 Å². The van der Waals surface area contributed by atoms with Gasteiger partial charge in [0.05, 0.1) is 24.0 Å².